The first kappa shape index (κ1) is 12.0. The minimum Gasteiger partial charge on any atom is -0.387 e. The number of aromatic nitrogens is 1. The average Bonchev–Trinajstić information content (AvgIpc) is 2.47. The molecule has 0 spiro atoms. The fourth-order valence-electron chi connectivity index (χ4n) is 2.48. The summed E-state index contributed by atoms with van der Waals surface area (Å²) in [5.74, 6) is 1.17. The predicted molar refractivity (Wildman–Crippen MR) is 76.8 cm³/mol. The topological polar surface area (TPSA) is 33.1 Å². The number of pyridine rings is 1. The van der Waals surface area contributed by atoms with Crippen LogP contribution in [0.1, 0.15) is 30.9 Å². The van der Waals surface area contributed by atoms with Crippen molar-refractivity contribution in [1.82, 2.24) is 4.98 Å². The number of nitrogens with zero attached hydrogens (tertiary/aromatic N) is 1. The number of aliphatic hydroxyl groups is 1. The molecule has 94 valence electrons. The Hall–Kier alpha value is -1.06. The number of aliphatic hydroxyl groups excluding tert-OH is 1. The molecule has 18 heavy (non-hydrogen) atoms. The van der Waals surface area contributed by atoms with Crippen molar-refractivity contribution in [3.05, 3.63) is 42.1 Å². The van der Waals surface area contributed by atoms with Crippen molar-refractivity contribution in [3.63, 3.8) is 0 Å². The Labute approximate surface area is 111 Å². The highest BCUT2D eigenvalue weighted by atomic mass is 32.2. The van der Waals surface area contributed by atoms with Crippen molar-refractivity contribution in [1.29, 1.82) is 0 Å². The Kier molecular flexibility index (Phi) is 3.52. The molecule has 1 aliphatic rings. The van der Waals surface area contributed by atoms with Crippen LogP contribution in [0, 0.1) is 0 Å². The highest BCUT2D eigenvalue weighted by Gasteiger charge is 2.23. The summed E-state index contributed by atoms with van der Waals surface area (Å²) in [5.41, 5.74) is 1.94. The molecule has 1 aromatic heterocycles. The highest BCUT2D eigenvalue weighted by molar-refractivity contribution is 7.99. The molecule has 0 saturated carbocycles. The Morgan fingerprint density at radius 1 is 1.28 bits per heavy atom. The molecule has 3 heteroatoms. The molecule has 2 heterocycles. The SMILES string of the molecule is OC(c1cnc2ccccc2c1)C1CCCCS1. The van der Waals surface area contributed by atoms with Crippen molar-refractivity contribution < 1.29 is 5.11 Å². The summed E-state index contributed by atoms with van der Waals surface area (Å²) >= 11 is 1.89. The molecule has 2 unspecified atom stereocenters. The number of benzene rings is 1. The van der Waals surface area contributed by atoms with Gasteiger partial charge in [-0.05, 0) is 30.7 Å². The molecule has 1 N–H and O–H groups in total. The Bertz CT molecular complexity index is 537. The van der Waals surface area contributed by atoms with E-state index in [2.05, 4.69) is 11.1 Å². The lowest BCUT2D eigenvalue weighted by Crippen LogP contribution is -2.19. The summed E-state index contributed by atoms with van der Waals surface area (Å²) in [7, 11) is 0. The van der Waals surface area contributed by atoms with Crippen LogP contribution >= 0.6 is 11.8 Å². The number of fused-ring (bicyclic) bond motifs is 1. The van der Waals surface area contributed by atoms with Gasteiger partial charge in [-0.3, -0.25) is 4.98 Å². The maximum atomic E-state index is 10.4. The van der Waals surface area contributed by atoms with Gasteiger partial charge in [-0.25, -0.2) is 0 Å². The number of hydrogen-bond donors (Lipinski definition) is 1. The number of hydrogen-bond acceptors (Lipinski definition) is 3. The lowest BCUT2D eigenvalue weighted by molar-refractivity contribution is 0.168. The van der Waals surface area contributed by atoms with Crippen molar-refractivity contribution >= 4 is 22.7 Å². The van der Waals surface area contributed by atoms with Crippen molar-refractivity contribution in [3.8, 4) is 0 Å². The summed E-state index contributed by atoms with van der Waals surface area (Å²) in [4.78, 5) is 4.43. The molecule has 0 amide bonds. The summed E-state index contributed by atoms with van der Waals surface area (Å²) < 4.78 is 0. The van der Waals surface area contributed by atoms with E-state index >= 15 is 0 Å². The van der Waals surface area contributed by atoms with Gasteiger partial charge < -0.3 is 5.11 Å². The molecule has 1 aromatic carbocycles. The van der Waals surface area contributed by atoms with E-state index in [1.165, 1.54) is 18.6 Å². The third-order valence-electron chi connectivity index (χ3n) is 3.52. The van der Waals surface area contributed by atoms with Crippen LogP contribution in [0.3, 0.4) is 0 Å². The summed E-state index contributed by atoms with van der Waals surface area (Å²) in [6.07, 6.45) is 5.06. The molecule has 3 rings (SSSR count). The second-order valence-electron chi connectivity index (χ2n) is 4.81. The lowest BCUT2D eigenvalue weighted by Gasteiger charge is -2.26. The van der Waals surface area contributed by atoms with E-state index < -0.39 is 0 Å². The Balaban J connectivity index is 1.88. The monoisotopic (exact) mass is 259 g/mol. The minimum atomic E-state index is -0.382. The van der Waals surface area contributed by atoms with Crippen LogP contribution in [0.4, 0.5) is 0 Å². The fraction of sp³-hybridized carbons (Fsp3) is 0.400. The van der Waals surface area contributed by atoms with Gasteiger partial charge in [-0.1, -0.05) is 24.6 Å². The molecule has 1 saturated heterocycles. The summed E-state index contributed by atoms with van der Waals surface area (Å²) in [5, 5.41) is 11.9. The zero-order valence-corrected chi connectivity index (χ0v) is 11.1. The van der Waals surface area contributed by atoms with E-state index in [1.54, 1.807) is 0 Å². The first-order valence-electron chi connectivity index (χ1n) is 6.49. The van der Waals surface area contributed by atoms with Crippen LogP contribution in [0.25, 0.3) is 10.9 Å². The molecule has 2 atom stereocenters. The van der Waals surface area contributed by atoms with Gasteiger partial charge in [0.15, 0.2) is 0 Å². The fourth-order valence-corrected chi connectivity index (χ4v) is 3.83. The summed E-state index contributed by atoms with van der Waals surface area (Å²) in [6.45, 7) is 0. The number of thioether (sulfide) groups is 1. The zero-order chi connectivity index (χ0) is 12.4. The Morgan fingerprint density at radius 3 is 3.00 bits per heavy atom. The van der Waals surface area contributed by atoms with Crippen LogP contribution in [-0.4, -0.2) is 21.1 Å². The molecule has 0 aliphatic carbocycles. The highest BCUT2D eigenvalue weighted by Crippen LogP contribution is 2.35. The van der Waals surface area contributed by atoms with Crippen molar-refractivity contribution in [2.45, 2.75) is 30.6 Å². The van der Waals surface area contributed by atoms with Gasteiger partial charge in [0.05, 0.1) is 11.6 Å². The van der Waals surface area contributed by atoms with Gasteiger partial charge in [0.2, 0.25) is 0 Å². The molecular formula is C15H17NOS. The Morgan fingerprint density at radius 2 is 2.17 bits per heavy atom. The van der Waals surface area contributed by atoms with Gasteiger partial charge in [0.25, 0.3) is 0 Å². The maximum absolute atomic E-state index is 10.4. The van der Waals surface area contributed by atoms with Gasteiger partial charge in [0.1, 0.15) is 0 Å². The van der Waals surface area contributed by atoms with Crippen LogP contribution < -0.4 is 0 Å². The second-order valence-corrected chi connectivity index (χ2v) is 6.16. The molecular weight excluding hydrogens is 242 g/mol. The van der Waals surface area contributed by atoms with Gasteiger partial charge >= 0.3 is 0 Å². The molecule has 1 aliphatic heterocycles. The van der Waals surface area contributed by atoms with Gasteiger partial charge in [0, 0.05) is 22.4 Å². The molecule has 2 nitrogen and oxygen atoms in total. The van der Waals surface area contributed by atoms with Crippen LogP contribution in [0.5, 0.6) is 0 Å². The first-order chi connectivity index (χ1) is 8.84. The lowest BCUT2D eigenvalue weighted by atomic mass is 10.0. The third kappa shape index (κ3) is 2.38. The van der Waals surface area contributed by atoms with Crippen LogP contribution in [0.15, 0.2) is 36.5 Å². The second kappa shape index (κ2) is 5.29. The molecule has 0 radical (unpaired) electrons. The normalized spacial score (nSPS) is 21.9. The van der Waals surface area contributed by atoms with Crippen molar-refractivity contribution in [2.75, 3.05) is 5.75 Å². The van der Waals surface area contributed by atoms with E-state index in [-0.39, 0.29) is 6.10 Å². The number of rotatable bonds is 2. The van der Waals surface area contributed by atoms with E-state index in [0.29, 0.717) is 5.25 Å². The predicted octanol–water partition coefficient (Wildman–Crippen LogP) is 3.55. The quantitative estimate of drug-likeness (QED) is 0.895. The summed E-state index contributed by atoms with van der Waals surface area (Å²) in [6, 6.07) is 10.1. The van der Waals surface area contributed by atoms with E-state index in [1.807, 2.05) is 42.2 Å². The van der Waals surface area contributed by atoms with Crippen molar-refractivity contribution in [2.24, 2.45) is 0 Å². The van der Waals surface area contributed by atoms with Crippen LogP contribution in [0.2, 0.25) is 0 Å². The zero-order valence-electron chi connectivity index (χ0n) is 10.2. The van der Waals surface area contributed by atoms with E-state index in [0.717, 1.165) is 22.9 Å². The smallest absolute Gasteiger partial charge is 0.0923 e. The number of para-hydroxylation sites is 1. The molecule has 0 bridgehead atoms. The first-order valence-corrected chi connectivity index (χ1v) is 7.54. The van der Waals surface area contributed by atoms with Gasteiger partial charge in [-0.2, -0.15) is 11.8 Å². The molecule has 2 aromatic rings. The standard InChI is InChI=1S/C15H17NOS/c17-15(14-7-3-4-8-18-14)12-9-11-5-1-2-6-13(11)16-10-12/h1-2,5-6,9-10,14-15,17H,3-4,7-8H2. The minimum absolute atomic E-state index is 0.335. The van der Waals surface area contributed by atoms with Gasteiger partial charge in [-0.15, -0.1) is 0 Å². The third-order valence-corrected chi connectivity index (χ3v) is 4.97. The van der Waals surface area contributed by atoms with E-state index in [9.17, 15) is 5.11 Å². The molecule has 1 fully saturated rings. The van der Waals surface area contributed by atoms with Crippen LogP contribution in [-0.2, 0) is 0 Å². The maximum Gasteiger partial charge on any atom is 0.0923 e. The van der Waals surface area contributed by atoms with E-state index in [4.69, 9.17) is 0 Å². The largest absolute Gasteiger partial charge is 0.387 e. The average molecular weight is 259 g/mol.